The van der Waals surface area contributed by atoms with Gasteiger partial charge in [0.25, 0.3) is 0 Å². The van der Waals surface area contributed by atoms with E-state index < -0.39 is 0 Å². The fraction of sp³-hybridized carbons (Fsp3) is 0.364. The number of hydrogen-bond acceptors (Lipinski definition) is 2. The van der Waals surface area contributed by atoms with Crippen molar-refractivity contribution in [1.82, 2.24) is 4.90 Å². The van der Waals surface area contributed by atoms with E-state index in [1.807, 2.05) is 49.3 Å². The van der Waals surface area contributed by atoms with Crippen molar-refractivity contribution >= 4 is 5.78 Å². The number of likely N-dealkylation sites (N-methyl/N-ethyl adjacent to an activating group) is 1. The molecule has 0 saturated heterocycles. The molecule has 0 aliphatic rings. The summed E-state index contributed by atoms with van der Waals surface area (Å²) in [6.45, 7) is 1.62. The number of rotatable bonds is 3. The van der Waals surface area contributed by atoms with E-state index in [-0.39, 0.29) is 11.8 Å². The van der Waals surface area contributed by atoms with Crippen LogP contribution in [0.2, 0.25) is 0 Å². The van der Waals surface area contributed by atoms with Crippen molar-refractivity contribution in [1.29, 1.82) is 0 Å². The molecule has 0 fully saturated rings. The average molecular weight is 177 g/mol. The van der Waals surface area contributed by atoms with Crippen LogP contribution in [0.1, 0.15) is 18.5 Å². The van der Waals surface area contributed by atoms with Crippen LogP contribution in [0.3, 0.4) is 0 Å². The third-order valence-electron chi connectivity index (χ3n) is 2.02. The highest BCUT2D eigenvalue weighted by molar-refractivity contribution is 5.82. The second-order valence-corrected chi connectivity index (χ2v) is 3.39. The molecule has 0 bridgehead atoms. The summed E-state index contributed by atoms with van der Waals surface area (Å²) in [6.07, 6.45) is 0. The van der Waals surface area contributed by atoms with Crippen molar-refractivity contribution < 1.29 is 4.79 Å². The third-order valence-corrected chi connectivity index (χ3v) is 2.02. The van der Waals surface area contributed by atoms with E-state index in [9.17, 15) is 4.79 Å². The van der Waals surface area contributed by atoms with E-state index in [1.54, 1.807) is 6.92 Å². The molecule has 1 rings (SSSR count). The minimum absolute atomic E-state index is 0.110. The van der Waals surface area contributed by atoms with Crippen molar-refractivity contribution in [3.63, 3.8) is 0 Å². The Morgan fingerprint density at radius 2 is 1.77 bits per heavy atom. The highest BCUT2D eigenvalue weighted by Crippen LogP contribution is 2.18. The van der Waals surface area contributed by atoms with E-state index >= 15 is 0 Å². The SMILES string of the molecule is CC(=O)[C@H](c1ccccc1)N(C)C. The van der Waals surface area contributed by atoms with Crippen LogP contribution in [-0.2, 0) is 4.79 Å². The standard InChI is InChI=1S/C11H15NO/c1-9(13)11(12(2)3)10-7-5-4-6-8-10/h4-8,11H,1-3H3/t11-/m1/s1. The molecule has 2 heteroatoms. The van der Waals surface area contributed by atoms with Crippen LogP contribution in [-0.4, -0.2) is 24.8 Å². The number of carbonyl (C=O) groups excluding carboxylic acids is 1. The summed E-state index contributed by atoms with van der Waals surface area (Å²) >= 11 is 0. The Morgan fingerprint density at radius 3 is 2.15 bits per heavy atom. The summed E-state index contributed by atoms with van der Waals surface area (Å²) in [7, 11) is 3.83. The maximum atomic E-state index is 11.3. The zero-order valence-electron chi connectivity index (χ0n) is 8.32. The van der Waals surface area contributed by atoms with Crippen molar-refractivity contribution in [2.24, 2.45) is 0 Å². The predicted molar refractivity (Wildman–Crippen MR) is 53.6 cm³/mol. The van der Waals surface area contributed by atoms with Crippen molar-refractivity contribution in [3.05, 3.63) is 35.9 Å². The monoisotopic (exact) mass is 177 g/mol. The van der Waals surface area contributed by atoms with Gasteiger partial charge in [-0.3, -0.25) is 9.69 Å². The molecule has 1 atom stereocenters. The summed E-state index contributed by atoms with van der Waals surface area (Å²) in [6, 6.07) is 9.71. The van der Waals surface area contributed by atoms with Crippen LogP contribution >= 0.6 is 0 Å². The number of nitrogens with zero attached hydrogens (tertiary/aromatic N) is 1. The van der Waals surface area contributed by atoms with Crippen molar-refractivity contribution in [3.8, 4) is 0 Å². The fourth-order valence-corrected chi connectivity index (χ4v) is 1.53. The molecule has 0 aromatic heterocycles. The molecule has 0 heterocycles. The first-order valence-electron chi connectivity index (χ1n) is 4.34. The molecule has 0 unspecified atom stereocenters. The molecular formula is C11H15NO. The van der Waals surface area contributed by atoms with Crippen LogP contribution in [0.15, 0.2) is 30.3 Å². The Kier molecular flexibility index (Phi) is 3.20. The Balaban J connectivity index is 2.96. The van der Waals surface area contributed by atoms with Gasteiger partial charge in [-0.2, -0.15) is 0 Å². The maximum Gasteiger partial charge on any atom is 0.151 e. The Labute approximate surface area is 79.2 Å². The van der Waals surface area contributed by atoms with Gasteiger partial charge in [-0.1, -0.05) is 30.3 Å². The van der Waals surface area contributed by atoms with Crippen molar-refractivity contribution in [2.45, 2.75) is 13.0 Å². The van der Waals surface area contributed by atoms with E-state index in [2.05, 4.69) is 0 Å². The molecular weight excluding hydrogens is 162 g/mol. The van der Waals surface area contributed by atoms with Gasteiger partial charge in [0.2, 0.25) is 0 Å². The zero-order valence-corrected chi connectivity index (χ0v) is 8.32. The Morgan fingerprint density at radius 1 is 1.23 bits per heavy atom. The lowest BCUT2D eigenvalue weighted by Gasteiger charge is -2.21. The number of Topliss-reactive ketones (excluding diaryl/α,β-unsaturated/α-hetero) is 1. The van der Waals surface area contributed by atoms with Crippen LogP contribution in [0.25, 0.3) is 0 Å². The average Bonchev–Trinajstić information content (AvgIpc) is 2.04. The topological polar surface area (TPSA) is 20.3 Å². The first-order valence-corrected chi connectivity index (χ1v) is 4.34. The summed E-state index contributed by atoms with van der Waals surface area (Å²) in [5.41, 5.74) is 1.06. The summed E-state index contributed by atoms with van der Waals surface area (Å²) in [5.74, 6) is 0.177. The molecule has 0 saturated carbocycles. The zero-order chi connectivity index (χ0) is 9.84. The normalized spacial score (nSPS) is 12.9. The van der Waals surface area contributed by atoms with Gasteiger partial charge in [0, 0.05) is 0 Å². The first kappa shape index (κ1) is 9.93. The summed E-state index contributed by atoms with van der Waals surface area (Å²) in [5, 5.41) is 0. The molecule has 0 spiro atoms. The highest BCUT2D eigenvalue weighted by Gasteiger charge is 2.17. The van der Waals surface area contributed by atoms with E-state index in [1.165, 1.54) is 0 Å². The van der Waals surface area contributed by atoms with Crippen LogP contribution in [0.4, 0.5) is 0 Å². The molecule has 0 N–H and O–H groups in total. The minimum Gasteiger partial charge on any atom is -0.298 e. The Bertz CT molecular complexity index is 279. The molecule has 1 aromatic carbocycles. The molecule has 1 aromatic rings. The lowest BCUT2D eigenvalue weighted by molar-refractivity contribution is -0.121. The van der Waals surface area contributed by atoms with Gasteiger partial charge in [0.15, 0.2) is 5.78 Å². The van der Waals surface area contributed by atoms with E-state index in [0.29, 0.717) is 0 Å². The molecule has 0 aliphatic carbocycles. The number of benzene rings is 1. The summed E-state index contributed by atoms with van der Waals surface area (Å²) in [4.78, 5) is 13.3. The Hall–Kier alpha value is -1.15. The predicted octanol–water partition coefficient (Wildman–Crippen LogP) is 1.88. The number of carbonyl (C=O) groups is 1. The van der Waals surface area contributed by atoms with Gasteiger partial charge < -0.3 is 0 Å². The minimum atomic E-state index is -0.110. The second-order valence-electron chi connectivity index (χ2n) is 3.39. The second kappa shape index (κ2) is 4.19. The van der Waals surface area contributed by atoms with Gasteiger partial charge in [0.05, 0.1) is 6.04 Å². The molecule has 0 amide bonds. The first-order chi connectivity index (χ1) is 6.13. The quantitative estimate of drug-likeness (QED) is 0.702. The number of hydrogen-bond donors (Lipinski definition) is 0. The largest absolute Gasteiger partial charge is 0.298 e. The van der Waals surface area contributed by atoms with E-state index in [0.717, 1.165) is 5.56 Å². The molecule has 13 heavy (non-hydrogen) atoms. The third kappa shape index (κ3) is 2.39. The van der Waals surface area contributed by atoms with E-state index in [4.69, 9.17) is 0 Å². The van der Waals surface area contributed by atoms with Crippen LogP contribution in [0, 0.1) is 0 Å². The van der Waals surface area contributed by atoms with Gasteiger partial charge in [-0.15, -0.1) is 0 Å². The smallest absolute Gasteiger partial charge is 0.151 e. The summed E-state index contributed by atoms with van der Waals surface area (Å²) < 4.78 is 0. The molecule has 0 aliphatic heterocycles. The number of ketones is 1. The molecule has 70 valence electrons. The lowest BCUT2D eigenvalue weighted by atomic mass is 10.0. The van der Waals surface area contributed by atoms with Crippen LogP contribution < -0.4 is 0 Å². The van der Waals surface area contributed by atoms with Crippen molar-refractivity contribution in [2.75, 3.05) is 14.1 Å². The maximum absolute atomic E-state index is 11.3. The lowest BCUT2D eigenvalue weighted by Crippen LogP contribution is -2.25. The molecule has 2 nitrogen and oxygen atoms in total. The highest BCUT2D eigenvalue weighted by atomic mass is 16.1. The van der Waals surface area contributed by atoms with Gasteiger partial charge >= 0.3 is 0 Å². The van der Waals surface area contributed by atoms with Gasteiger partial charge in [-0.25, -0.2) is 0 Å². The van der Waals surface area contributed by atoms with Gasteiger partial charge in [0.1, 0.15) is 0 Å². The van der Waals surface area contributed by atoms with Crippen LogP contribution in [0.5, 0.6) is 0 Å². The fourth-order valence-electron chi connectivity index (χ4n) is 1.53. The van der Waals surface area contributed by atoms with Gasteiger partial charge in [-0.05, 0) is 26.6 Å². The molecule has 0 radical (unpaired) electrons.